The second-order valence-corrected chi connectivity index (χ2v) is 8.64. The van der Waals surface area contributed by atoms with Crippen molar-refractivity contribution in [2.45, 2.75) is 70.1 Å². The fraction of sp³-hybridized carbons (Fsp3) is 0.571. The summed E-state index contributed by atoms with van der Waals surface area (Å²) in [4.78, 5) is 78.6. The highest BCUT2D eigenvalue weighted by Gasteiger charge is 2.31. The second kappa shape index (κ2) is 14.4. The molecule has 0 spiro atoms. The number of nitrogens with one attached hydrogen (secondary N) is 4. The number of aliphatic carboxylic acids is 2. The number of aromatic amines is 1. The summed E-state index contributed by atoms with van der Waals surface area (Å²) in [5.74, 6) is -6.03. The minimum absolute atomic E-state index is 0.0610. The number of aromatic nitrogens is 2. The van der Waals surface area contributed by atoms with E-state index in [9.17, 15) is 33.9 Å². The zero-order valence-corrected chi connectivity index (χ0v) is 20.0. The zero-order valence-electron chi connectivity index (χ0n) is 20.0. The Balaban J connectivity index is 3.09. The Morgan fingerprint density at radius 2 is 1.56 bits per heavy atom. The van der Waals surface area contributed by atoms with Gasteiger partial charge in [0.25, 0.3) is 0 Å². The van der Waals surface area contributed by atoms with Crippen LogP contribution in [-0.4, -0.2) is 79.9 Å². The molecule has 1 aromatic heterocycles. The quantitative estimate of drug-likeness (QED) is 0.117. The number of hydrogen-bond donors (Lipinski definition) is 8. The summed E-state index contributed by atoms with van der Waals surface area (Å²) in [5.41, 5.74) is 11.2. The fourth-order valence-electron chi connectivity index (χ4n) is 3.18. The molecule has 15 heteroatoms. The van der Waals surface area contributed by atoms with E-state index in [2.05, 4.69) is 25.9 Å². The molecule has 0 aromatic carbocycles. The van der Waals surface area contributed by atoms with E-state index in [0.717, 1.165) is 0 Å². The van der Waals surface area contributed by atoms with Crippen LogP contribution in [0.2, 0.25) is 0 Å². The molecule has 1 heterocycles. The number of carboxylic acids is 2. The van der Waals surface area contributed by atoms with Gasteiger partial charge in [-0.2, -0.15) is 0 Å². The summed E-state index contributed by atoms with van der Waals surface area (Å²) >= 11 is 0. The zero-order chi connectivity index (χ0) is 27.4. The third-order valence-corrected chi connectivity index (χ3v) is 4.98. The van der Waals surface area contributed by atoms with E-state index < -0.39 is 66.2 Å². The minimum Gasteiger partial charge on any atom is -0.481 e. The van der Waals surface area contributed by atoms with Crippen molar-refractivity contribution in [3.63, 3.8) is 0 Å². The van der Waals surface area contributed by atoms with Crippen LogP contribution < -0.4 is 27.4 Å². The lowest BCUT2D eigenvalue weighted by Gasteiger charge is -2.25. The fourth-order valence-corrected chi connectivity index (χ4v) is 3.18. The summed E-state index contributed by atoms with van der Waals surface area (Å²) in [5, 5.41) is 25.4. The van der Waals surface area contributed by atoms with E-state index >= 15 is 0 Å². The molecule has 0 aliphatic carbocycles. The number of nitrogens with two attached hydrogens (primary N) is 2. The van der Waals surface area contributed by atoms with E-state index in [1.165, 1.54) is 12.5 Å². The van der Waals surface area contributed by atoms with Gasteiger partial charge in [0.1, 0.15) is 18.1 Å². The van der Waals surface area contributed by atoms with Crippen molar-refractivity contribution >= 4 is 35.6 Å². The molecule has 0 saturated heterocycles. The maximum atomic E-state index is 13.1. The van der Waals surface area contributed by atoms with Crippen LogP contribution in [0.3, 0.4) is 0 Å². The normalized spacial score (nSPS) is 14.2. The molecule has 15 nitrogen and oxygen atoms in total. The van der Waals surface area contributed by atoms with Crippen molar-refractivity contribution in [1.82, 2.24) is 25.9 Å². The molecular weight excluding hydrogens is 478 g/mol. The van der Waals surface area contributed by atoms with Crippen molar-refractivity contribution in [2.24, 2.45) is 17.4 Å². The standard InChI is InChI=1S/C21H33N7O8/c1-10(2)5-15(21(35)36)28-19(33)13(3-4-16(23)29)26-20(34)14(6-11-8-24-9-25-11)27-18(32)12(22)7-17(30)31/h8-10,12-15H,3-7,22H2,1-2H3,(H2,23,29)(H,24,25)(H,26,34)(H,27,32)(H,28,33)(H,30,31)(H,35,36). The summed E-state index contributed by atoms with van der Waals surface area (Å²) < 4.78 is 0. The maximum absolute atomic E-state index is 13.1. The molecule has 0 aliphatic rings. The lowest BCUT2D eigenvalue weighted by Crippen LogP contribution is -2.58. The number of carboxylic acid groups (broad SMARTS) is 2. The molecule has 0 fully saturated rings. The van der Waals surface area contributed by atoms with Gasteiger partial charge >= 0.3 is 11.9 Å². The summed E-state index contributed by atoms with van der Waals surface area (Å²) in [7, 11) is 0. The third kappa shape index (κ3) is 10.9. The first-order chi connectivity index (χ1) is 16.8. The largest absolute Gasteiger partial charge is 0.481 e. The highest BCUT2D eigenvalue weighted by Crippen LogP contribution is 2.08. The first kappa shape index (κ1) is 30.0. The van der Waals surface area contributed by atoms with Crippen molar-refractivity contribution in [3.05, 3.63) is 18.2 Å². The smallest absolute Gasteiger partial charge is 0.326 e. The molecule has 36 heavy (non-hydrogen) atoms. The lowest BCUT2D eigenvalue weighted by molar-refractivity contribution is -0.143. The van der Waals surface area contributed by atoms with Gasteiger partial charge in [-0.25, -0.2) is 9.78 Å². The number of imidazole rings is 1. The number of carbonyl (C=O) groups is 6. The average Bonchev–Trinajstić information content (AvgIpc) is 3.27. The van der Waals surface area contributed by atoms with Crippen molar-refractivity contribution in [2.75, 3.05) is 0 Å². The van der Waals surface area contributed by atoms with Gasteiger partial charge in [-0.1, -0.05) is 13.8 Å². The monoisotopic (exact) mass is 511 g/mol. The number of H-pyrrole nitrogens is 1. The molecule has 0 radical (unpaired) electrons. The number of rotatable bonds is 16. The molecule has 0 bridgehead atoms. The SMILES string of the molecule is CC(C)CC(NC(=O)C(CCC(N)=O)NC(=O)C(Cc1cnc[nH]1)NC(=O)C(N)CC(=O)O)C(=O)O. The third-order valence-electron chi connectivity index (χ3n) is 4.98. The topological polar surface area (TPSA) is 260 Å². The molecule has 0 saturated carbocycles. The summed E-state index contributed by atoms with van der Waals surface area (Å²) in [6.45, 7) is 3.54. The lowest BCUT2D eigenvalue weighted by atomic mass is 10.0. The van der Waals surface area contributed by atoms with Gasteiger partial charge in [0, 0.05) is 24.7 Å². The molecule has 0 aliphatic heterocycles. The van der Waals surface area contributed by atoms with Crippen LogP contribution in [0.1, 0.15) is 45.2 Å². The molecule has 4 atom stereocenters. The highest BCUT2D eigenvalue weighted by atomic mass is 16.4. The molecule has 4 amide bonds. The predicted molar refractivity (Wildman–Crippen MR) is 124 cm³/mol. The van der Waals surface area contributed by atoms with Gasteiger partial charge < -0.3 is 42.6 Å². The molecule has 4 unspecified atom stereocenters. The van der Waals surface area contributed by atoms with Crippen LogP contribution in [0.4, 0.5) is 0 Å². The number of carbonyl (C=O) groups excluding carboxylic acids is 4. The van der Waals surface area contributed by atoms with Crippen LogP contribution in [0.15, 0.2) is 12.5 Å². The first-order valence-corrected chi connectivity index (χ1v) is 11.2. The molecule has 1 rings (SSSR count). The molecule has 1 aromatic rings. The Morgan fingerprint density at radius 3 is 2.06 bits per heavy atom. The number of nitrogens with zero attached hydrogens (tertiary/aromatic N) is 1. The van der Waals surface area contributed by atoms with E-state index in [1.54, 1.807) is 13.8 Å². The maximum Gasteiger partial charge on any atom is 0.326 e. The Hall–Kier alpha value is -4.01. The van der Waals surface area contributed by atoms with Crippen LogP contribution in [0, 0.1) is 5.92 Å². The van der Waals surface area contributed by atoms with Gasteiger partial charge in [-0.3, -0.25) is 24.0 Å². The van der Waals surface area contributed by atoms with E-state index in [0.29, 0.717) is 5.69 Å². The number of primary amides is 1. The Kier molecular flexibility index (Phi) is 12.0. The van der Waals surface area contributed by atoms with Crippen LogP contribution in [-0.2, 0) is 35.2 Å². The van der Waals surface area contributed by atoms with Gasteiger partial charge in [-0.15, -0.1) is 0 Å². The Labute approximate surface area is 206 Å². The average molecular weight is 512 g/mol. The Bertz CT molecular complexity index is 935. The van der Waals surface area contributed by atoms with Crippen LogP contribution >= 0.6 is 0 Å². The van der Waals surface area contributed by atoms with Crippen LogP contribution in [0.25, 0.3) is 0 Å². The van der Waals surface area contributed by atoms with Gasteiger partial charge in [0.05, 0.1) is 18.8 Å². The molecule has 10 N–H and O–H groups in total. The first-order valence-electron chi connectivity index (χ1n) is 11.2. The van der Waals surface area contributed by atoms with Gasteiger partial charge in [0.2, 0.25) is 23.6 Å². The van der Waals surface area contributed by atoms with E-state index in [1.807, 2.05) is 0 Å². The predicted octanol–water partition coefficient (Wildman–Crippen LogP) is -2.40. The number of hydrogen-bond acceptors (Lipinski definition) is 8. The highest BCUT2D eigenvalue weighted by molar-refractivity contribution is 5.95. The van der Waals surface area contributed by atoms with Crippen LogP contribution in [0.5, 0.6) is 0 Å². The van der Waals surface area contributed by atoms with Crippen molar-refractivity contribution in [3.8, 4) is 0 Å². The molecule has 200 valence electrons. The summed E-state index contributed by atoms with van der Waals surface area (Å²) in [6.07, 6.45) is 1.53. The minimum atomic E-state index is -1.44. The van der Waals surface area contributed by atoms with Crippen molar-refractivity contribution < 1.29 is 39.0 Å². The van der Waals surface area contributed by atoms with Crippen molar-refractivity contribution in [1.29, 1.82) is 0 Å². The van der Waals surface area contributed by atoms with Gasteiger partial charge in [0.15, 0.2) is 0 Å². The summed E-state index contributed by atoms with van der Waals surface area (Å²) in [6, 6.07) is -5.35. The van der Waals surface area contributed by atoms with E-state index in [-0.39, 0.29) is 31.6 Å². The Morgan fingerprint density at radius 1 is 0.972 bits per heavy atom. The molecular formula is C21H33N7O8. The number of amides is 4. The van der Waals surface area contributed by atoms with E-state index in [4.69, 9.17) is 16.6 Å². The second-order valence-electron chi connectivity index (χ2n) is 8.64. The van der Waals surface area contributed by atoms with Gasteiger partial charge in [-0.05, 0) is 18.8 Å².